The number of likely N-dealkylation sites (tertiary alicyclic amines) is 1. The van der Waals surface area contributed by atoms with E-state index in [0.29, 0.717) is 32.2 Å². The summed E-state index contributed by atoms with van der Waals surface area (Å²) >= 11 is 0. The molecule has 1 saturated carbocycles. The fourth-order valence-electron chi connectivity index (χ4n) is 10.1. The first kappa shape index (κ1) is 52.4. The van der Waals surface area contributed by atoms with Crippen LogP contribution >= 0.6 is 0 Å². The number of unbranched alkanes of at least 4 members (excludes halogenated alkanes) is 2. The Bertz CT molecular complexity index is 1770. The summed E-state index contributed by atoms with van der Waals surface area (Å²) in [5, 5.41) is 13.8. The van der Waals surface area contributed by atoms with Crippen molar-refractivity contribution in [2.75, 3.05) is 34.4 Å². The highest BCUT2D eigenvalue weighted by molar-refractivity contribution is 6.12. The molecule has 14 heteroatoms. The van der Waals surface area contributed by atoms with Crippen LogP contribution in [0.2, 0.25) is 0 Å². The van der Waals surface area contributed by atoms with Crippen LogP contribution in [0.5, 0.6) is 0 Å². The van der Waals surface area contributed by atoms with Crippen molar-refractivity contribution >= 4 is 41.1 Å². The Hall–Kier alpha value is -4.27. The van der Waals surface area contributed by atoms with Crippen molar-refractivity contribution in [3.8, 4) is 0 Å². The number of aliphatic hydroxyl groups is 1. The lowest BCUT2D eigenvalue weighted by molar-refractivity contribution is -0.149. The molecule has 356 valence electrons. The summed E-state index contributed by atoms with van der Waals surface area (Å²) in [6, 6.07) is 8.55. The van der Waals surface area contributed by atoms with Gasteiger partial charge in [0, 0.05) is 77.6 Å². The highest BCUT2D eigenvalue weighted by atomic mass is 16.5. The summed E-state index contributed by atoms with van der Waals surface area (Å²) in [6.07, 6.45) is 7.72. The molecule has 0 aromatic heterocycles. The molecule has 0 unspecified atom stereocenters. The highest BCUT2D eigenvalue weighted by Crippen LogP contribution is 2.36. The van der Waals surface area contributed by atoms with Crippen LogP contribution < -0.4 is 5.32 Å². The molecule has 0 radical (unpaired) electrons. The van der Waals surface area contributed by atoms with Gasteiger partial charge in [-0.05, 0) is 75.7 Å². The molecule has 1 saturated heterocycles. The smallest absolute Gasteiger partial charge is 0.253 e. The molecule has 14 nitrogen and oxygen atoms in total. The first-order chi connectivity index (χ1) is 30.3. The number of ether oxygens (including phenoxy) is 2. The second-order valence-corrected chi connectivity index (χ2v) is 19.4. The van der Waals surface area contributed by atoms with Crippen molar-refractivity contribution in [3.05, 3.63) is 48.0 Å². The largest absolute Gasteiger partial charge is 0.388 e. The minimum atomic E-state index is -1.23. The van der Waals surface area contributed by atoms with Crippen LogP contribution in [-0.2, 0) is 43.0 Å². The monoisotopic (exact) mass is 893 g/mol. The Morgan fingerprint density at radius 1 is 0.859 bits per heavy atom. The number of rotatable bonds is 26. The summed E-state index contributed by atoms with van der Waals surface area (Å²) in [5.41, 5.74) is -0.473. The van der Waals surface area contributed by atoms with Crippen LogP contribution in [-0.4, -0.2) is 125 Å². The summed E-state index contributed by atoms with van der Waals surface area (Å²) in [6.45, 7) is 11.6. The number of carbonyl (C=O) groups excluding carboxylic acids is 7. The summed E-state index contributed by atoms with van der Waals surface area (Å²) < 4.78 is 12.1. The predicted molar refractivity (Wildman–Crippen MR) is 243 cm³/mol. The molecule has 64 heavy (non-hydrogen) atoms. The van der Waals surface area contributed by atoms with Gasteiger partial charge in [0.1, 0.15) is 5.78 Å². The second kappa shape index (κ2) is 24.3. The van der Waals surface area contributed by atoms with Crippen LogP contribution in [0.1, 0.15) is 137 Å². The SMILES string of the molecule is CO[C@H]([C@@H](C)C(=O)C[C@H](C)[C@@H](O)c1ccccc1)[C@@H]1CCCN1C(=O)C[C@@H](OC)[C@H](C1CCCC1)N(C)C(=O)[C@@H](CC(=O)C(C)(C)NC(=O)CCCCCN1C(=O)C=CC1=O)C(C)C. The molecule has 5 amide bonds. The zero-order chi connectivity index (χ0) is 47.3. The number of hydrogen-bond donors (Lipinski definition) is 2. The van der Waals surface area contributed by atoms with Gasteiger partial charge in [0.05, 0.1) is 42.4 Å². The molecule has 1 aromatic rings. The van der Waals surface area contributed by atoms with Crippen molar-refractivity contribution in [3.63, 3.8) is 0 Å². The number of hydrogen-bond acceptors (Lipinski definition) is 10. The number of Topliss-reactive ketones (excluding diaryl/α,β-unsaturated/α-hetero) is 2. The molecule has 8 atom stereocenters. The van der Waals surface area contributed by atoms with Crippen molar-refractivity contribution in [2.45, 2.75) is 161 Å². The third-order valence-corrected chi connectivity index (χ3v) is 14.1. The first-order valence-electron chi connectivity index (χ1n) is 23.6. The van der Waals surface area contributed by atoms with Gasteiger partial charge in [-0.1, -0.05) is 77.3 Å². The maximum absolute atomic E-state index is 14.6. The van der Waals surface area contributed by atoms with Crippen LogP contribution in [0.3, 0.4) is 0 Å². The van der Waals surface area contributed by atoms with Crippen molar-refractivity contribution in [1.82, 2.24) is 20.0 Å². The normalized spacial score (nSPS) is 20.3. The van der Waals surface area contributed by atoms with E-state index >= 15 is 0 Å². The van der Waals surface area contributed by atoms with Gasteiger partial charge in [-0.2, -0.15) is 0 Å². The van der Waals surface area contributed by atoms with E-state index in [4.69, 9.17) is 9.47 Å². The van der Waals surface area contributed by atoms with E-state index < -0.39 is 41.7 Å². The minimum absolute atomic E-state index is 0.0287. The number of nitrogens with one attached hydrogen (secondary N) is 1. The molecule has 2 heterocycles. The average Bonchev–Trinajstić information content (AvgIpc) is 4.05. The number of likely N-dealkylation sites (N-methyl/N-ethyl adjacent to an activating group) is 1. The standard InChI is InChI=1S/C50H76N4O10/c1-32(2)37(30-41(56)50(5,6)51-42(57)24-14-11-17-27-54-43(58)25-26-44(54)59)49(62)52(7)46(35-19-15-16-20-35)40(63-8)31-45(60)53-28-18-23-38(53)48(64-9)34(4)39(55)29-33(3)47(61)36-21-12-10-13-22-36/h10,12-13,21-22,25-26,32-35,37-38,40,46-48,61H,11,14-20,23-24,27-31H2,1-9H3,(H,51,57)/t33-,34-,37-,38-,40+,46-,47+,48+/m0/s1. The quantitative estimate of drug-likeness (QED) is 0.0829. The topological polar surface area (TPSA) is 180 Å². The van der Waals surface area contributed by atoms with Crippen molar-refractivity contribution < 1.29 is 48.1 Å². The number of nitrogens with zero attached hydrogens (tertiary/aromatic N) is 3. The Kier molecular flexibility index (Phi) is 19.9. The van der Waals surface area contributed by atoms with Crippen molar-refractivity contribution in [1.29, 1.82) is 0 Å². The van der Waals surface area contributed by atoms with Crippen LogP contribution in [0.25, 0.3) is 0 Å². The lowest BCUT2D eigenvalue weighted by Gasteiger charge is -2.41. The van der Waals surface area contributed by atoms with E-state index in [1.165, 1.54) is 17.1 Å². The second-order valence-electron chi connectivity index (χ2n) is 19.4. The lowest BCUT2D eigenvalue weighted by atomic mass is 9.82. The fraction of sp³-hybridized carbons (Fsp3) is 0.700. The number of benzene rings is 1. The van der Waals surface area contributed by atoms with E-state index in [1.807, 2.05) is 62.9 Å². The van der Waals surface area contributed by atoms with Gasteiger partial charge in [-0.25, -0.2) is 0 Å². The zero-order valence-corrected chi connectivity index (χ0v) is 39.9. The van der Waals surface area contributed by atoms with Gasteiger partial charge in [0.2, 0.25) is 17.7 Å². The van der Waals surface area contributed by atoms with E-state index in [-0.39, 0.29) is 97.1 Å². The molecule has 2 N–H and O–H groups in total. The Labute approximate surface area is 381 Å². The van der Waals surface area contributed by atoms with Gasteiger partial charge in [-0.15, -0.1) is 0 Å². The van der Waals surface area contributed by atoms with Gasteiger partial charge in [0.15, 0.2) is 5.78 Å². The molecule has 1 aromatic carbocycles. The van der Waals surface area contributed by atoms with Crippen LogP contribution in [0.4, 0.5) is 0 Å². The Morgan fingerprint density at radius 2 is 1.50 bits per heavy atom. The Balaban J connectivity index is 1.39. The maximum Gasteiger partial charge on any atom is 0.253 e. The van der Waals surface area contributed by atoms with Gasteiger partial charge >= 0.3 is 0 Å². The Morgan fingerprint density at radius 3 is 2.09 bits per heavy atom. The van der Waals surface area contributed by atoms with E-state index in [1.54, 1.807) is 40.0 Å². The maximum atomic E-state index is 14.6. The molecule has 1 aliphatic carbocycles. The molecule has 0 bridgehead atoms. The third-order valence-electron chi connectivity index (χ3n) is 14.1. The fourth-order valence-corrected chi connectivity index (χ4v) is 10.1. The molecular weight excluding hydrogens is 817 g/mol. The summed E-state index contributed by atoms with van der Waals surface area (Å²) in [4.78, 5) is 97.9. The van der Waals surface area contributed by atoms with Gasteiger partial charge < -0.3 is 29.7 Å². The summed E-state index contributed by atoms with van der Waals surface area (Å²) in [7, 11) is 4.90. The first-order valence-corrected chi connectivity index (χ1v) is 23.6. The molecule has 2 fully saturated rings. The minimum Gasteiger partial charge on any atom is -0.388 e. The predicted octanol–water partition coefficient (Wildman–Crippen LogP) is 5.99. The molecular formula is C50H76N4O10. The van der Waals surface area contributed by atoms with E-state index in [0.717, 1.165) is 37.7 Å². The summed E-state index contributed by atoms with van der Waals surface area (Å²) in [5.74, 6) is -3.22. The zero-order valence-electron chi connectivity index (χ0n) is 39.9. The third kappa shape index (κ3) is 13.6. The van der Waals surface area contributed by atoms with E-state index in [9.17, 15) is 38.7 Å². The molecule has 0 spiro atoms. The van der Waals surface area contributed by atoms with Crippen molar-refractivity contribution in [2.24, 2.45) is 29.6 Å². The lowest BCUT2D eigenvalue weighted by Crippen LogP contribution is -2.55. The van der Waals surface area contributed by atoms with Crippen LogP contribution in [0, 0.1) is 29.6 Å². The van der Waals surface area contributed by atoms with Crippen LogP contribution in [0.15, 0.2) is 42.5 Å². The highest BCUT2D eigenvalue weighted by Gasteiger charge is 2.45. The van der Waals surface area contributed by atoms with E-state index in [2.05, 4.69) is 5.32 Å². The number of carbonyl (C=O) groups is 7. The number of imide groups is 1. The molecule has 3 aliphatic rings. The number of methoxy groups -OCH3 is 2. The average molecular weight is 893 g/mol. The number of aliphatic hydroxyl groups excluding tert-OH is 1. The molecule has 4 rings (SSSR count). The number of amides is 5. The number of ketones is 2. The van der Waals surface area contributed by atoms with Gasteiger partial charge in [-0.3, -0.25) is 38.5 Å². The molecule has 2 aliphatic heterocycles. The van der Waals surface area contributed by atoms with Gasteiger partial charge in [0.25, 0.3) is 11.8 Å².